The van der Waals surface area contributed by atoms with Crippen LogP contribution < -0.4 is 10.6 Å². The maximum Gasteiger partial charge on any atom is 0.272 e. The SMILES string of the molecule is CCCCCCCC(CCCC)c1c(C)c(C(=O)NC(C(C)CCCC)C(C)(C)C)nn1-c1ccc(P)cc1. The van der Waals surface area contributed by atoms with Gasteiger partial charge >= 0.3 is 0 Å². The lowest BCUT2D eigenvalue weighted by molar-refractivity contribution is 0.0856. The molecule has 2 aromatic rings. The molecule has 0 aliphatic heterocycles. The van der Waals surface area contributed by atoms with Gasteiger partial charge in [-0.3, -0.25) is 4.79 Å². The van der Waals surface area contributed by atoms with Crippen molar-refractivity contribution in [3.05, 3.63) is 41.2 Å². The largest absolute Gasteiger partial charge is 0.347 e. The maximum absolute atomic E-state index is 13.9. The van der Waals surface area contributed by atoms with E-state index in [4.69, 9.17) is 5.10 Å². The first kappa shape index (κ1) is 33.5. The molecule has 4 nitrogen and oxygen atoms in total. The molecule has 0 saturated heterocycles. The second-order valence-electron chi connectivity index (χ2n) is 12.8. The summed E-state index contributed by atoms with van der Waals surface area (Å²) < 4.78 is 2.09. The van der Waals surface area contributed by atoms with E-state index in [1.807, 2.05) is 0 Å². The van der Waals surface area contributed by atoms with Crippen LogP contribution in [0.2, 0.25) is 0 Å². The summed E-state index contributed by atoms with van der Waals surface area (Å²) in [5.41, 5.74) is 3.87. The zero-order chi connectivity index (χ0) is 29.0. The molecule has 1 amide bonds. The standard InChI is InChI=1S/C34H58N3OP/c1-9-12-15-16-17-20-27(19-14-11-3)31-26(5)30(36-37(31)28-21-23-29(39)24-22-28)33(38)35-32(34(6,7)8)25(4)18-13-10-2/h21-25,27,32H,9-20,39H2,1-8H3,(H,35,38). The number of nitrogens with one attached hydrogen (secondary N) is 1. The molecule has 2 rings (SSSR count). The number of carbonyl (C=O) groups is 1. The smallest absolute Gasteiger partial charge is 0.272 e. The topological polar surface area (TPSA) is 46.9 Å². The van der Waals surface area contributed by atoms with E-state index in [1.165, 1.54) is 63.5 Å². The Balaban J connectivity index is 2.49. The third kappa shape index (κ3) is 10.0. The van der Waals surface area contributed by atoms with Crippen LogP contribution in [0.5, 0.6) is 0 Å². The first-order valence-electron chi connectivity index (χ1n) is 15.8. The number of hydrogen-bond acceptors (Lipinski definition) is 2. The van der Waals surface area contributed by atoms with Crippen molar-refractivity contribution in [3.63, 3.8) is 0 Å². The number of amides is 1. The van der Waals surface area contributed by atoms with Gasteiger partial charge in [-0.25, -0.2) is 4.68 Å². The fraction of sp³-hybridized carbons (Fsp3) is 0.706. The van der Waals surface area contributed by atoms with Crippen molar-refractivity contribution in [2.75, 3.05) is 0 Å². The van der Waals surface area contributed by atoms with Crippen molar-refractivity contribution in [1.82, 2.24) is 15.1 Å². The summed E-state index contributed by atoms with van der Waals surface area (Å²) in [6, 6.07) is 8.57. The Morgan fingerprint density at radius 3 is 2.05 bits per heavy atom. The lowest BCUT2D eigenvalue weighted by Gasteiger charge is -2.36. The third-order valence-electron chi connectivity index (χ3n) is 8.27. The molecule has 5 heteroatoms. The molecule has 0 bridgehead atoms. The van der Waals surface area contributed by atoms with Gasteiger partial charge in [0.05, 0.1) is 11.4 Å². The van der Waals surface area contributed by atoms with Gasteiger partial charge in [0.1, 0.15) is 0 Å². The van der Waals surface area contributed by atoms with Crippen LogP contribution in [0.1, 0.15) is 153 Å². The molecule has 1 aromatic carbocycles. The third-order valence-corrected chi connectivity index (χ3v) is 8.66. The van der Waals surface area contributed by atoms with Crippen molar-refractivity contribution in [3.8, 4) is 5.69 Å². The predicted molar refractivity (Wildman–Crippen MR) is 173 cm³/mol. The minimum Gasteiger partial charge on any atom is -0.347 e. The zero-order valence-corrected chi connectivity index (χ0v) is 27.6. The van der Waals surface area contributed by atoms with E-state index >= 15 is 0 Å². The molecule has 0 saturated carbocycles. The van der Waals surface area contributed by atoms with Crippen molar-refractivity contribution >= 4 is 20.5 Å². The Morgan fingerprint density at radius 1 is 0.897 bits per heavy atom. The van der Waals surface area contributed by atoms with Gasteiger partial charge in [0.2, 0.25) is 0 Å². The first-order chi connectivity index (χ1) is 18.5. The maximum atomic E-state index is 13.9. The highest BCUT2D eigenvalue weighted by Crippen LogP contribution is 2.34. The highest BCUT2D eigenvalue weighted by atomic mass is 31.0. The molecular formula is C34H58N3OP. The molecule has 0 aliphatic rings. The molecule has 1 heterocycles. The molecule has 4 atom stereocenters. The van der Waals surface area contributed by atoms with Crippen LogP contribution in [0.15, 0.2) is 24.3 Å². The molecule has 1 aromatic heterocycles. The van der Waals surface area contributed by atoms with Gasteiger partial charge in [-0.15, -0.1) is 9.24 Å². The minimum absolute atomic E-state index is 0.0289. The minimum atomic E-state index is -0.0318. The number of rotatable bonds is 17. The molecule has 4 unspecified atom stereocenters. The summed E-state index contributed by atoms with van der Waals surface area (Å²) in [7, 11) is 2.77. The van der Waals surface area contributed by atoms with Crippen LogP contribution in [0.3, 0.4) is 0 Å². The number of aromatic nitrogens is 2. The predicted octanol–water partition coefficient (Wildman–Crippen LogP) is 9.29. The summed E-state index contributed by atoms with van der Waals surface area (Å²) >= 11 is 0. The van der Waals surface area contributed by atoms with E-state index < -0.39 is 0 Å². The van der Waals surface area contributed by atoms with Crippen molar-refractivity contribution in [2.45, 2.75) is 144 Å². The molecule has 1 N–H and O–H groups in total. The van der Waals surface area contributed by atoms with Crippen LogP contribution in [0.4, 0.5) is 0 Å². The molecule has 39 heavy (non-hydrogen) atoms. The van der Waals surface area contributed by atoms with E-state index in [1.54, 1.807) is 0 Å². The summed E-state index contributed by atoms with van der Waals surface area (Å²) in [4.78, 5) is 13.9. The lowest BCUT2D eigenvalue weighted by atomic mass is 9.77. The summed E-state index contributed by atoms with van der Waals surface area (Å²) in [5, 5.41) is 9.65. The normalized spacial score (nSPS) is 14.3. The van der Waals surface area contributed by atoms with E-state index in [-0.39, 0.29) is 17.4 Å². The number of nitrogens with zero attached hydrogens (tertiary/aromatic N) is 2. The second-order valence-corrected chi connectivity index (χ2v) is 13.5. The Labute approximate surface area is 242 Å². The van der Waals surface area contributed by atoms with Gasteiger partial charge in [0, 0.05) is 17.5 Å². The van der Waals surface area contributed by atoms with Crippen LogP contribution in [-0.4, -0.2) is 21.7 Å². The molecule has 220 valence electrons. The lowest BCUT2D eigenvalue weighted by Crippen LogP contribution is -2.48. The van der Waals surface area contributed by atoms with E-state index in [0.29, 0.717) is 17.5 Å². The summed E-state index contributed by atoms with van der Waals surface area (Å²) in [5.74, 6) is 0.777. The average Bonchev–Trinajstić information content (AvgIpc) is 3.24. The van der Waals surface area contributed by atoms with Crippen LogP contribution in [-0.2, 0) is 0 Å². The number of unbranched alkanes of at least 4 members (excludes halogenated alkanes) is 6. The Kier molecular flexibility index (Phi) is 14.2. The Hall–Kier alpha value is -1.67. The number of hydrogen-bond donors (Lipinski definition) is 1. The first-order valence-corrected chi connectivity index (χ1v) is 16.4. The molecule has 0 radical (unpaired) electrons. The zero-order valence-electron chi connectivity index (χ0n) is 26.4. The van der Waals surface area contributed by atoms with Crippen LogP contribution in [0.25, 0.3) is 5.69 Å². The van der Waals surface area contributed by atoms with Gasteiger partial charge in [-0.2, -0.15) is 5.10 Å². The highest BCUT2D eigenvalue weighted by Gasteiger charge is 2.33. The number of carbonyl (C=O) groups excluding carboxylic acids is 1. The molecule has 0 fully saturated rings. The Bertz CT molecular complexity index is 989. The fourth-order valence-electron chi connectivity index (χ4n) is 5.99. The summed E-state index contributed by atoms with van der Waals surface area (Å²) in [6.45, 7) is 17.9. The van der Waals surface area contributed by atoms with Gasteiger partial charge in [0.25, 0.3) is 5.91 Å². The Morgan fingerprint density at radius 2 is 1.46 bits per heavy atom. The van der Waals surface area contributed by atoms with E-state index in [9.17, 15) is 4.79 Å². The molecule has 0 spiro atoms. The average molecular weight is 556 g/mol. The van der Waals surface area contributed by atoms with Gasteiger partial charge < -0.3 is 5.32 Å². The van der Waals surface area contributed by atoms with E-state index in [2.05, 4.69) is 98.9 Å². The van der Waals surface area contributed by atoms with Crippen molar-refractivity contribution in [1.29, 1.82) is 0 Å². The highest BCUT2D eigenvalue weighted by molar-refractivity contribution is 7.27. The quantitative estimate of drug-likeness (QED) is 0.156. The van der Waals surface area contributed by atoms with Gasteiger partial charge in [-0.1, -0.05) is 118 Å². The second kappa shape index (κ2) is 16.6. The van der Waals surface area contributed by atoms with Crippen LogP contribution >= 0.6 is 9.24 Å². The molecular weight excluding hydrogens is 497 g/mol. The van der Waals surface area contributed by atoms with Crippen LogP contribution in [0, 0.1) is 18.3 Å². The van der Waals surface area contributed by atoms with Crippen molar-refractivity contribution < 1.29 is 4.79 Å². The van der Waals surface area contributed by atoms with Crippen molar-refractivity contribution in [2.24, 2.45) is 11.3 Å². The van der Waals surface area contributed by atoms with Gasteiger partial charge in [-0.05, 0) is 55.0 Å². The number of benzene rings is 1. The monoisotopic (exact) mass is 555 g/mol. The molecule has 0 aliphatic carbocycles. The fourth-order valence-corrected chi connectivity index (χ4v) is 6.19. The summed E-state index contributed by atoms with van der Waals surface area (Å²) in [6.07, 6.45) is 14.5. The van der Waals surface area contributed by atoms with Gasteiger partial charge in [0.15, 0.2) is 5.69 Å². The van der Waals surface area contributed by atoms with E-state index in [0.717, 1.165) is 35.8 Å².